The van der Waals surface area contributed by atoms with Gasteiger partial charge in [-0.3, -0.25) is 9.59 Å². The molecule has 0 aromatic carbocycles. The fourth-order valence-electron chi connectivity index (χ4n) is 0.780. The topological polar surface area (TPSA) is 81.4 Å². The van der Waals surface area contributed by atoms with E-state index in [9.17, 15) is 9.59 Å². The number of ether oxygens (including phenoxy) is 1. The SMILES string of the molecule is COC(=O)C(C)CNC(C)(C)C(N)=O. The first-order valence-electron chi connectivity index (χ1n) is 4.44. The van der Waals surface area contributed by atoms with E-state index < -0.39 is 11.4 Å². The van der Waals surface area contributed by atoms with E-state index in [0.717, 1.165) is 0 Å². The van der Waals surface area contributed by atoms with E-state index in [1.165, 1.54) is 7.11 Å². The average molecular weight is 202 g/mol. The highest BCUT2D eigenvalue weighted by molar-refractivity contribution is 5.83. The summed E-state index contributed by atoms with van der Waals surface area (Å²) in [6.45, 7) is 5.41. The van der Waals surface area contributed by atoms with Crippen molar-refractivity contribution in [2.45, 2.75) is 26.3 Å². The van der Waals surface area contributed by atoms with Gasteiger partial charge in [0.1, 0.15) is 0 Å². The zero-order valence-electron chi connectivity index (χ0n) is 9.09. The lowest BCUT2D eigenvalue weighted by molar-refractivity contribution is -0.145. The number of nitrogens with two attached hydrogens (primary N) is 1. The van der Waals surface area contributed by atoms with Gasteiger partial charge in [0.15, 0.2) is 0 Å². The lowest BCUT2D eigenvalue weighted by atomic mass is 10.0. The Morgan fingerprint density at radius 3 is 2.36 bits per heavy atom. The van der Waals surface area contributed by atoms with Crippen LogP contribution in [-0.4, -0.2) is 31.1 Å². The first kappa shape index (κ1) is 12.9. The molecule has 0 aliphatic rings. The van der Waals surface area contributed by atoms with Crippen LogP contribution >= 0.6 is 0 Å². The summed E-state index contributed by atoms with van der Waals surface area (Å²) in [7, 11) is 1.33. The number of hydrogen-bond acceptors (Lipinski definition) is 4. The molecule has 1 unspecified atom stereocenters. The summed E-state index contributed by atoms with van der Waals surface area (Å²) in [5.74, 6) is -1.05. The van der Waals surface area contributed by atoms with E-state index in [4.69, 9.17) is 5.73 Å². The summed E-state index contributed by atoms with van der Waals surface area (Å²) in [5, 5.41) is 2.90. The number of carbonyl (C=O) groups excluding carboxylic acids is 2. The van der Waals surface area contributed by atoms with Crippen molar-refractivity contribution >= 4 is 11.9 Å². The zero-order chi connectivity index (χ0) is 11.4. The van der Waals surface area contributed by atoms with E-state index >= 15 is 0 Å². The van der Waals surface area contributed by atoms with Crippen LogP contribution < -0.4 is 11.1 Å². The van der Waals surface area contributed by atoms with Gasteiger partial charge in [-0.1, -0.05) is 6.92 Å². The number of hydrogen-bond donors (Lipinski definition) is 2. The maximum atomic E-state index is 11.0. The van der Waals surface area contributed by atoms with Crippen molar-refractivity contribution in [3.05, 3.63) is 0 Å². The van der Waals surface area contributed by atoms with Crippen LogP contribution in [0.3, 0.4) is 0 Å². The minimum atomic E-state index is -0.803. The fourth-order valence-corrected chi connectivity index (χ4v) is 0.780. The van der Waals surface area contributed by atoms with Crippen LogP contribution in [0.2, 0.25) is 0 Å². The molecule has 0 aliphatic carbocycles. The molecule has 3 N–H and O–H groups in total. The van der Waals surface area contributed by atoms with Gasteiger partial charge in [-0.15, -0.1) is 0 Å². The monoisotopic (exact) mass is 202 g/mol. The van der Waals surface area contributed by atoms with Crippen molar-refractivity contribution < 1.29 is 14.3 Å². The maximum Gasteiger partial charge on any atom is 0.309 e. The molecule has 0 saturated carbocycles. The van der Waals surface area contributed by atoms with Gasteiger partial charge >= 0.3 is 5.97 Å². The molecule has 5 heteroatoms. The van der Waals surface area contributed by atoms with Crippen molar-refractivity contribution in [2.24, 2.45) is 11.7 Å². The lowest BCUT2D eigenvalue weighted by Crippen LogP contribution is -2.52. The highest BCUT2D eigenvalue weighted by atomic mass is 16.5. The Hall–Kier alpha value is -1.10. The number of rotatable bonds is 5. The van der Waals surface area contributed by atoms with Crippen LogP contribution in [0.4, 0.5) is 0 Å². The fraction of sp³-hybridized carbons (Fsp3) is 0.778. The third-order valence-corrected chi connectivity index (χ3v) is 2.07. The molecular formula is C9H18N2O3. The first-order chi connectivity index (χ1) is 6.31. The minimum absolute atomic E-state index is 0.293. The first-order valence-corrected chi connectivity index (χ1v) is 4.44. The molecule has 1 atom stereocenters. The zero-order valence-corrected chi connectivity index (χ0v) is 9.09. The van der Waals surface area contributed by atoms with Crippen molar-refractivity contribution in [3.63, 3.8) is 0 Å². The third-order valence-electron chi connectivity index (χ3n) is 2.07. The van der Waals surface area contributed by atoms with Crippen LogP contribution in [0.15, 0.2) is 0 Å². The Morgan fingerprint density at radius 1 is 1.50 bits per heavy atom. The van der Waals surface area contributed by atoms with Gasteiger partial charge in [-0.2, -0.15) is 0 Å². The molecule has 0 aromatic rings. The molecule has 0 radical (unpaired) electrons. The quantitative estimate of drug-likeness (QED) is 0.597. The molecule has 0 bridgehead atoms. The summed E-state index contributed by atoms with van der Waals surface area (Å²) in [6, 6.07) is 0. The van der Waals surface area contributed by atoms with Crippen molar-refractivity contribution in [1.29, 1.82) is 0 Å². The number of esters is 1. The Balaban J connectivity index is 4.06. The van der Waals surface area contributed by atoms with Gasteiger partial charge in [0.05, 0.1) is 18.6 Å². The van der Waals surface area contributed by atoms with Crippen LogP contribution in [0, 0.1) is 5.92 Å². The molecule has 82 valence electrons. The second-order valence-electron chi connectivity index (χ2n) is 3.79. The molecule has 0 saturated heterocycles. The number of nitrogens with one attached hydrogen (secondary N) is 1. The molecule has 0 fully saturated rings. The van der Waals surface area contributed by atoms with Gasteiger partial charge in [0, 0.05) is 6.54 Å². The minimum Gasteiger partial charge on any atom is -0.469 e. The molecule has 0 heterocycles. The Bertz CT molecular complexity index is 226. The van der Waals surface area contributed by atoms with E-state index in [1.54, 1.807) is 20.8 Å². The third kappa shape index (κ3) is 3.74. The molecule has 14 heavy (non-hydrogen) atoms. The highest BCUT2D eigenvalue weighted by Crippen LogP contribution is 2.03. The van der Waals surface area contributed by atoms with E-state index in [0.29, 0.717) is 6.54 Å². The predicted molar refractivity (Wildman–Crippen MR) is 52.5 cm³/mol. The number of amides is 1. The summed E-state index contributed by atoms with van der Waals surface area (Å²) in [4.78, 5) is 21.9. The standard InChI is InChI=1S/C9H18N2O3/c1-6(7(12)14-4)5-11-9(2,3)8(10)13/h6,11H,5H2,1-4H3,(H2,10,13). The van der Waals surface area contributed by atoms with Gasteiger partial charge in [-0.25, -0.2) is 0 Å². The molecule has 1 amide bonds. The van der Waals surface area contributed by atoms with Crippen molar-refractivity contribution in [2.75, 3.05) is 13.7 Å². The molecule has 0 aromatic heterocycles. The Kier molecular flexibility index (Phi) is 4.56. The van der Waals surface area contributed by atoms with Gasteiger partial charge in [0.25, 0.3) is 0 Å². The lowest BCUT2D eigenvalue weighted by Gasteiger charge is -2.23. The van der Waals surface area contributed by atoms with Crippen LogP contribution in [0.1, 0.15) is 20.8 Å². The summed E-state index contributed by atoms with van der Waals surface area (Å²) >= 11 is 0. The second-order valence-corrected chi connectivity index (χ2v) is 3.79. The summed E-state index contributed by atoms with van der Waals surface area (Å²) in [6.07, 6.45) is 0. The second kappa shape index (κ2) is 4.95. The number of primary amides is 1. The number of methoxy groups -OCH3 is 1. The van der Waals surface area contributed by atoms with Crippen molar-refractivity contribution in [3.8, 4) is 0 Å². The predicted octanol–water partition coefficient (Wildman–Crippen LogP) is -0.351. The van der Waals surface area contributed by atoms with Gasteiger partial charge in [0.2, 0.25) is 5.91 Å². The summed E-state index contributed by atoms with van der Waals surface area (Å²) in [5.41, 5.74) is 4.34. The van der Waals surface area contributed by atoms with E-state index in [2.05, 4.69) is 10.1 Å². The van der Waals surface area contributed by atoms with E-state index in [1.807, 2.05) is 0 Å². The van der Waals surface area contributed by atoms with Crippen molar-refractivity contribution in [1.82, 2.24) is 5.32 Å². The molecule has 5 nitrogen and oxygen atoms in total. The molecule has 0 aliphatic heterocycles. The van der Waals surface area contributed by atoms with Crippen LogP contribution in [-0.2, 0) is 14.3 Å². The molecule has 0 spiro atoms. The van der Waals surface area contributed by atoms with Crippen LogP contribution in [0.25, 0.3) is 0 Å². The highest BCUT2D eigenvalue weighted by Gasteiger charge is 2.25. The van der Waals surface area contributed by atoms with Gasteiger partial charge in [-0.05, 0) is 13.8 Å². The largest absolute Gasteiger partial charge is 0.469 e. The molecular weight excluding hydrogens is 184 g/mol. The number of carbonyl (C=O) groups is 2. The van der Waals surface area contributed by atoms with E-state index in [-0.39, 0.29) is 11.9 Å². The van der Waals surface area contributed by atoms with Gasteiger partial charge < -0.3 is 15.8 Å². The Labute approximate surface area is 84.0 Å². The molecule has 0 rings (SSSR count). The smallest absolute Gasteiger partial charge is 0.309 e. The average Bonchev–Trinajstić information content (AvgIpc) is 2.12. The summed E-state index contributed by atoms with van der Waals surface area (Å²) < 4.78 is 4.54. The Morgan fingerprint density at radius 2 is 2.00 bits per heavy atom. The van der Waals surface area contributed by atoms with Crippen LogP contribution in [0.5, 0.6) is 0 Å². The maximum absolute atomic E-state index is 11.0. The normalized spacial score (nSPS) is 13.4.